The molecule has 1 aromatic rings. The second kappa shape index (κ2) is 3.23. The first-order valence-corrected chi connectivity index (χ1v) is 4.24. The summed E-state index contributed by atoms with van der Waals surface area (Å²) in [5, 5.41) is 0. The van der Waals surface area contributed by atoms with Crippen LogP contribution >= 0.6 is 0 Å². The predicted octanol–water partition coefficient (Wildman–Crippen LogP) is 2.24. The van der Waals surface area contributed by atoms with Gasteiger partial charge in [0.25, 0.3) is 0 Å². The Bertz CT molecular complexity index is 342. The van der Waals surface area contributed by atoms with Gasteiger partial charge in [-0.2, -0.15) is 0 Å². The van der Waals surface area contributed by atoms with Crippen molar-refractivity contribution in [3.8, 4) is 5.75 Å². The highest BCUT2D eigenvalue weighted by atomic mass is 16.5. The molecular weight excluding hydrogens is 164 g/mol. The maximum absolute atomic E-state index is 5.35. The monoisotopic (exact) mass is 176 g/mol. The SMILES string of the molecule is C=C1COCc2cc(OC)ccc21. The van der Waals surface area contributed by atoms with Crippen LogP contribution in [0.1, 0.15) is 11.1 Å². The minimum Gasteiger partial charge on any atom is -0.497 e. The van der Waals surface area contributed by atoms with E-state index in [1.54, 1.807) is 7.11 Å². The molecule has 68 valence electrons. The van der Waals surface area contributed by atoms with Gasteiger partial charge in [-0.05, 0) is 28.8 Å². The smallest absolute Gasteiger partial charge is 0.119 e. The first kappa shape index (κ1) is 8.32. The van der Waals surface area contributed by atoms with E-state index in [0.717, 1.165) is 16.9 Å². The molecule has 2 heteroatoms. The average molecular weight is 176 g/mol. The molecule has 0 saturated heterocycles. The normalized spacial score (nSPS) is 15.3. The fourth-order valence-electron chi connectivity index (χ4n) is 1.52. The van der Waals surface area contributed by atoms with Gasteiger partial charge in [-0.1, -0.05) is 12.6 Å². The third-order valence-electron chi connectivity index (χ3n) is 2.23. The Hall–Kier alpha value is -1.28. The number of hydrogen-bond donors (Lipinski definition) is 0. The van der Waals surface area contributed by atoms with Gasteiger partial charge in [-0.15, -0.1) is 0 Å². The summed E-state index contributed by atoms with van der Waals surface area (Å²) in [7, 11) is 1.67. The summed E-state index contributed by atoms with van der Waals surface area (Å²) in [4.78, 5) is 0. The summed E-state index contributed by atoms with van der Waals surface area (Å²) in [5.74, 6) is 0.872. The Morgan fingerprint density at radius 2 is 2.23 bits per heavy atom. The van der Waals surface area contributed by atoms with Crippen molar-refractivity contribution in [1.29, 1.82) is 0 Å². The first-order valence-electron chi connectivity index (χ1n) is 4.24. The Balaban J connectivity index is 2.45. The Morgan fingerprint density at radius 1 is 1.38 bits per heavy atom. The van der Waals surface area contributed by atoms with Crippen molar-refractivity contribution in [3.05, 3.63) is 35.9 Å². The molecule has 0 N–H and O–H groups in total. The largest absolute Gasteiger partial charge is 0.497 e. The second-order valence-electron chi connectivity index (χ2n) is 3.12. The molecule has 0 aromatic heterocycles. The summed E-state index contributed by atoms with van der Waals surface area (Å²) >= 11 is 0. The number of fused-ring (bicyclic) bond motifs is 1. The van der Waals surface area contributed by atoms with Crippen LogP contribution in [-0.4, -0.2) is 13.7 Å². The van der Waals surface area contributed by atoms with Gasteiger partial charge >= 0.3 is 0 Å². The molecule has 0 saturated carbocycles. The predicted molar refractivity (Wildman–Crippen MR) is 51.7 cm³/mol. The fraction of sp³-hybridized carbons (Fsp3) is 0.273. The molecule has 1 aliphatic heterocycles. The van der Waals surface area contributed by atoms with Crippen LogP contribution in [0.2, 0.25) is 0 Å². The fourth-order valence-corrected chi connectivity index (χ4v) is 1.52. The van der Waals surface area contributed by atoms with E-state index < -0.39 is 0 Å². The lowest BCUT2D eigenvalue weighted by Crippen LogP contribution is -2.08. The molecule has 0 bridgehead atoms. The molecule has 0 aliphatic carbocycles. The van der Waals surface area contributed by atoms with Gasteiger partial charge in [0.2, 0.25) is 0 Å². The molecule has 0 atom stereocenters. The number of benzene rings is 1. The molecule has 2 nitrogen and oxygen atoms in total. The van der Waals surface area contributed by atoms with Crippen molar-refractivity contribution in [3.63, 3.8) is 0 Å². The molecular formula is C11H12O2. The lowest BCUT2D eigenvalue weighted by Gasteiger charge is -2.19. The second-order valence-corrected chi connectivity index (χ2v) is 3.12. The van der Waals surface area contributed by atoms with Gasteiger partial charge in [0, 0.05) is 0 Å². The maximum atomic E-state index is 5.35. The van der Waals surface area contributed by atoms with Crippen LogP contribution in [-0.2, 0) is 11.3 Å². The molecule has 1 aromatic carbocycles. The van der Waals surface area contributed by atoms with Crippen molar-refractivity contribution in [1.82, 2.24) is 0 Å². The molecule has 2 rings (SSSR count). The van der Waals surface area contributed by atoms with Crippen molar-refractivity contribution < 1.29 is 9.47 Å². The van der Waals surface area contributed by atoms with Crippen molar-refractivity contribution >= 4 is 5.57 Å². The Kier molecular flexibility index (Phi) is 2.07. The number of ether oxygens (including phenoxy) is 2. The van der Waals surface area contributed by atoms with E-state index in [4.69, 9.17) is 9.47 Å². The van der Waals surface area contributed by atoms with E-state index in [2.05, 4.69) is 6.58 Å². The van der Waals surface area contributed by atoms with Crippen LogP contribution in [0.15, 0.2) is 24.8 Å². The van der Waals surface area contributed by atoms with Gasteiger partial charge < -0.3 is 9.47 Å². The van der Waals surface area contributed by atoms with Crippen LogP contribution in [0.4, 0.5) is 0 Å². The third kappa shape index (κ3) is 1.45. The zero-order valence-corrected chi connectivity index (χ0v) is 7.67. The van der Waals surface area contributed by atoms with Gasteiger partial charge in [-0.25, -0.2) is 0 Å². The molecule has 0 spiro atoms. The third-order valence-corrected chi connectivity index (χ3v) is 2.23. The van der Waals surface area contributed by atoms with Crippen LogP contribution < -0.4 is 4.74 Å². The molecule has 1 aliphatic rings. The number of methoxy groups -OCH3 is 1. The Labute approximate surface area is 77.8 Å². The zero-order valence-electron chi connectivity index (χ0n) is 7.67. The molecule has 1 heterocycles. The summed E-state index contributed by atoms with van der Waals surface area (Å²) in [6.45, 7) is 5.24. The summed E-state index contributed by atoms with van der Waals surface area (Å²) in [6, 6.07) is 5.99. The highest BCUT2D eigenvalue weighted by molar-refractivity contribution is 5.68. The van der Waals surface area contributed by atoms with Crippen LogP contribution in [0.5, 0.6) is 5.75 Å². The van der Waals surface area contributed by atoms with Crippen molar-refractivity contribution in [2.24, 2.45) is 0 Å². The van der Waals surface area contributed by atoms with E-state index in [-0.39, 0.29) is 0 Å². The molecule has 0 unspecified atom stereocenters. The van der Waals surface area contributed by atoms with Gasteiger partial charge in [0.05, 0.1) is 20.3 Å². The standard InChI is InChI=1S/C11H12O2/c1-8-6-13-7-9-5-10(12-2)3-4-11(8)9/h3-5H,1,6-7H2,2H3. The summed E-state index contributed by atoms with van der Waals surface area (Å²) in [6.07, 6.45) is 0. The molecule has 0 amide bonds. The highest BCUT2D eigenvalue weighted by Gasteiger charge is 2.12. The van der Waals surface area contributed by atoms with Gasteiger partial charge in [0.1, 0.15) is 5.75 Å². The molecule has 0 fully saturated rings. The van der Waals surface area contributed by atoms with Crippen LogP contribution in [0, 0.1) is 0 Å². The average Bonchev–Trinajstić information content (AvgIpc) is 2.18. The first-order chi connectivity index (χ1) is 6.31. The van der Waals surface area contributed by atoms with Gasteiger partial charge in [-0.3, -0.25) is 0 Å². The lowest BCUT2D eigenvalue weighted by atomic mass is 9.99. The van der Waals surface area contributed by atoms with E-state index in [9.17, 15) is 0 Å². The minimum absolute atomic E-state index is 0.638. The van der Waals surface area contributed by atoms with Crippen LogP contribution in [0.3, 0.4) is 0 Å². The van der Waals surface area contributed by atoms with Crippen molar-refractivity contribution in [2.45, 2.75) is 6.61 Å². The zero-order chi connectivity index (χ0) is 9.26. The molecule has 0 radical (unpaired) electrons. The quantitative estimate of drug-likeness (QED) is 0.653. The molecule has 13 heavy (non-hydrogen) atoms. The Morgan fingerprint density at radius 3 is 3.00 bits per heavy atom. The lowest BCUT2D eigenvalue weighted by molar-refractivity contribution is 0.146. The summed E-state index contributed by atoms with van der Waals surface area (Å²) < 4.78 is 10.5. The van der Waals surface area contributed by atoms with E-state index in [1.165, 1.54) is 5.56 Å². The van der Waals surface area contributed by atoms with Crippen molar-refractivity contribution in [2.75, 3.05) is 13.7 Å². The van der Waals surface area contributed by atoms with E-state index in [0.29, 0.717) is 13.2 Å². The van der Waals surface area contributed by atoms with E-state index >= 15 is 0 Å². The summed E-state index contributed by atoms with van der Waals surface area (Å²) in [5.41, 5.74) is 3.41. The highest BCUT2D eigenvalue weighted by Crippen LogP contribution is 2.27. The maximum Gasteiger partial charge on any atom is 0.119 e. The van der Waals surface area contributed by atoms with Gasteiger partial charge in [0.15, 0.2) is 0 Å². The van der Waals surface area contributed by atoms with E-state index in [1.807, 2.05) is 18.2 Å². The topological polar surface area (TPSA) is 18.5 Å². The minimum atomic E-state index is 0.638. The number of hydrogen-bond acceptors (Lipinski definition) is 2. The number of rotatable bonds is 1. The van der Waals surface area contributed by atoms with Crippen LogP contribution in [0.25, 0.3) is 5.57 Å².